The summed E-state index contributed by atoms with van der Waals surface area (Å²) in [6, 6.07) is 33.2. The van der Waals surface area contributed by atoms with Crippen molar-refractivity contribution in [3.05, 3.63) is 136 Å². The molecule has 0 amide bonds. The second-order valence-corrected chi connectivity index (χ2v) is 20.3. The van der Waals surface area contributed by atoms with E-state index < -0.39 is 7.26 Å². The maximum Gasteiger partial charge on any atom is 0.127 e. The molecule has 0 saturated carbocycles. The monoisotopic (exact) mass is 886 g/mol. The van der Waals surface area contributed by atoms with Crippen LogP contribution in [0.4, 0.5) is 0 Å². The molecule has 0 bridgehead atoms. The predicted octanol–water partition coefficient (Wildman–Crippen LogP) is 7.98. The molecule has 2 unspecified atom stereocenters. The van der Waals surface area contributed by atoms with Crippen LogP contribution in [0.1, 0.15) is 84.0 Å². The van der Waals surface area contributed by atoms with Gasteiger partial charge in [-0.1, -0.05) is 70.5 Å². The van der Waals surface area contributed by atoms with E-state index in [-0.39, 0.29) is 28.2 Å². The number of hydrogen-bond donors (Lipinski definition) is 2. The van der Waals surface area contributed by atoms with Gasteiger partial charge in [0, 0.05) is 22.9 Å². The molecule has 2 N–H and O–H groups in total. The van der Waals surface area contributed by atoms with E-state index >= 15 is 0 Å². The number of alkyl halides is 1. The highest BCUT2D eigenvalue weighted by Gasteiger charge is 2.47. The van der Waals surface area contributed by atoms with E-state index in [9.17, 15) is 10.2 Å². The molecule has 55 heavy (non-hydrogen) atoms. The minimum Gasteiger partial charge on any atom is -1.00 e. The van der Waals surface area contributed by atoms with Gasteiger partial charge >= 0.3 is 0 Å². The molecule has 2 heterocycles. The first-order chi connectivity index (χ1) is 25.7. The molecular weight excluding hydrogens is 831 g/mol. The molecule has 5 aromatic carbocycles. The van der Waals surface area contributed by atoms with Crippen LogP contribution in [0.2, 0.25) is 0 Å². The fraction of sp³-hybridized carbons (Fsp3) is 0.375. The van der Waals surface area contributed by atoms with Crippen molar-refractivity contribution in [1.29, 1.82) is 0 Å². The molecule has 0 spiro atoms. The normalized spacial score (nSPS) is 18.7. The number of benzene rings is 5. The first-order valence-electron chi connectivity index (χ1n) is 19.4. The van der Waals surface area contributed by atoms with Gasteiger partial charge in [-0.25, -0.2) is 0 Å². The van der Waals surface area contributed by atoms with Gasteiger partial charge in [-0.15, -0.1) is 0 Å². The highest BCUT2D eigenvalue weighted by molar-refractivity contribution is 9.09. The Kier molecular flexibility index (Phi) is 13.6. The standard InChI is InChI=1S/C33H35O2P.C15H21BrO2.BrH/c1-24-25(2)32-30(26(3)31(24)34)20-21-33(4,35-32)22-23-36(27-14-8-5-9-15-27,28-16-10-6-11-17-28)29-18-12-7-13-19-29;1-9-10(2)14-12(11(3)13(9)17)5-6-15(4,18-14)7-8-16;/h5-19H,20-23H2,1-4H3;17H,5-8H2,1-4H3;1H. The van der Waals surface area contributed by atoms with Crippen molar-refractivity contribution in [1.82, 2.24) is 0 Å². The quantitative estimate of drug-likeness (QED) is 0.123. The number of aromatic hydroxyl groups is 2. The van der Waals surface area contributed by atoms with Gasteiger partial charge in [0.1, 0.15) is 57.4 Å². The minimum absolute atomic E-state index is 0. The number of phenols is 2. The van der Waals surface area contributed by atoms with Crippen LogP contribution in [0.25, 0.3) is 0 Å². The molecule has 5 aromatic rings. The molecule has 0 radical (unpaired) electrons. The highest BCUT2D eigenvalue weighted by Crippen LogP contribution is 2.57. The van der Waals surface area contributed by atoms with E-state index in [1.807, 2.05) is 34.6 Å². The Hall–Kier alpha value is -3.31. The highest BCUT2D eigenvalue weighted by atomic mass is 79.9. The van der Waals surface area contributed by atoms with Gasteiger partial charge in [-0.2, -0.15) is 0 Å². The summed E-state index contributed by atoms with van der Waals surface area (Å²) < 4.78 is 13.1. The SMILES string of the molecule is Cc1c(C)c2c(c(C)c1O)CCC(C)(CCBr)O2.Cc1c(C)c2c(c(C)c1O)CCC(C)(CC[P+](c1ccccc1)(c1ccccc1)c1ccccc1)O2.[Br-]. The largest absolute Gasteiger partial charge is 1.00 e. The molecular formula is C48H57Br2O4P. The molecule has 0 fully saturated rings. The van der Waals surface area contributed by atoms with Gasteiger partial charge in [-0.05, 0) is 157 Å². The Bertz CT molecular complexity index is 2010. The van der Waals surface area contributed by atoms with E-state index in [1.165, 1.54) is 27.0 Å². The molecule has 4 nitrogen and oxygen atoms in total. The Morgan fingerprint density at radius 1 is 0.545 bits per heavy atom. The first-order valence-corrected chi connectivity index (χ1v) is 22.5. The van der Waals surface area contributed by atoms with Crippen LogP contribution < -0.4 is 42.4 Å². The van der Waals surface area contributed by atoms with Crippen molar-refractivity contribution < 1.29 is 36.7 Å². The lowest BCUT2D eigenvalue weighted by Crippen LogP contribution is -3.00. The molecule has 0 aliphatic carbocycles. The molecule has 7 rings (SSSR count). The van der Waals surface area contributed by atoms with Gasteiger partial charge < -0.3 is 36.7 Å². The molecule has 0 aromatic heterocycles. The number of halogens is 2. The lowest BCUT2D eigenvalue weighted by atomic mass is 9.86. The molecule has 2 aliphatic heterocycles. The second-order valence-electron chi connectivity index (χ2n) is 15.9. The van der Waals surface area contributed by atoms with Gasteiger partial charge in [0.25, 0.3) is 0 Å². The third kappa shape index (κ3) is 8.39. The average Bonchev–Trinajstić information content (AvgIpc) is 3.19. The lowest BCUT2D eigenvalue weighted by Gasteiger charge is -2.39. The fourth-order valence-corrected chi connectivity index (χ4v) is 13.8. The van der Waals surface area contributed by atoms with Crippen LogP contribution in [0.3, 0.4) is 0 Å². The summed E-state index contributed by atoms with van der Waals surface area (Å²) in [5.41, 5.74) is 7.95. The number of ether oxygens (including phenoxy) is 2. The average molecular weight is 889 g/mol. The zero-order valence-corrected chi connectivity index (χ0v) is 37.8. The minimum atomic E-state index is -1.91. The van der Waals surface area contributed by atoms with Crippen molar-refractivity contribution in [2.45, 2.75) is 105 Å². The predicted molar refractivity (Wildman–Crippen MR) is 232 cm³/mol. The summed E-state index contributed by atoms with van der Waals surface area (Å²) >= 11 is 3.50. The molecule has 7 heteroatoms. The third-order valence-corrected chi connectivity index (χ3v) is 17.2. The smallest absolute Gasteiger partial charge is 0.127 e. The van der Waals surface area contributed by atoms with Crippen LogP contribution in [0.5, 0.6) is 23.0 Å². The maximum absolute atomic E-state index is 10.6. The number of phenolic OH excluding ortho intramolecular Hbond substituents is 2. The maximum atomic E-state index is 10.6. The fourth-order valence-electron chi connectivity index (χ4n) is 8.43. The van der Waals surface area contributed by atoms with Gasteiger partial charge in [0.2, 0.25) is 0 Å². The van der Waals surface area contributed by atoms with Crippen molar-refractivity contribution in [3.8, 4) is 23.0 Å². The Morgan fingerprint density at radius 3 is 1.24 bits per heavy atom. The number of hydrogen-bond acceptors (Lipinski definition) is 4. The molecule has 2 atom stereocenters. The summed E-state index contributed by atoms with van der Waals surface area (Å²) in [5, 5.41) is 25.9. The van der Waals surface area contributed by atoms with Crippen molar-refractivity contribution in [2.24, 2.45) is 0 Å². The van der Waals surface area contributed by atoms with E-state index in [0.717, 1.165) is 94.9 Å². The Morgan fingerprint density at radius 2 is 0.891 bits per heavy atom. The zero-order valence-electron chi connectivity index (χ0n) is 33.7. The summed E-state index contributed by atoms with van der Waals surface area (Å²) in [5.74, 6) is 2.83. The van der Waals surface area contributed by atoms with Crippen molar-refractivity contribution >= 4 is 39.1 Å². The van der Waals surface area contributed by atoms with E-state index in [4.69, 9.17) is 9.47 Å². The molecule has 0 saturated heterocycles. The zero-order chi connectivity index (χ0) is 38.8. The topological polar surface area (TPSA) is 58.9 Å². The van der Waals surface area contributed by atoms with Crippen LogP contribution >= 0.6 is 23.2 Å². The second kappa shape index (κ2) is 17.5. The Balaban J connectivity index is 0.000000258. The number of fused-ring (bicyclic) bond motifs is 2. The summed E-state index contributed by atoms with van der Waals surface area (Å²) in [4.78, 5) is 0. The lowest BCUT2D eigenvalue weighted by molar-refractivity contribution is -0.0000218. The summed E-state index contributed by atoms with van der Waals surface area (Å²) in [6.07, 6.45) is 6.86. The molecule has 292 valence electrons. The van der Waals surface area contributed by atoms with Crippen LogP contribution in [-0.2, 0) is 12.8 Å². The first kappa shape index (κ1) is 42.8. The number of rotatable bonds is 8. The summed E-state index contributed by atoms with van der Waals surface area (Å²) in [7, 11) is -1.91. The van der Waals surface area contributed by atoms with Crippen molar-refractivity contribution in [2.75, 3.05) is 11.5 Å². The van der Waals surface area contributed by atoms with Crippen molar-refractivity contribution in [3.63, 3.8) is 0 Å². The van der Waals surface area contributed by atoms with E-state index in [1.54, 1.807) is 0 Å². The third-order valence-electron chi connectivity index (χ3n) is 12.4. The van der Waals surface area contributed by atoms with Gasteiger partial charge in [0.05, 0.1) is 6.16 Å². The van der Waals surface area contributed by atoms with Crippen LogP contribution in [0, 0.1) is 41.5 Å². The van der Waals surface area contributed by atoms with E-state index in [2.05, 4.69) is 128 Å². The van der Waals surface area contributed by atoms with Crippen LogP contribution in [-0.4, -0.2) is 32.9 Å². The van der Waals surface area contributed by atoms with E-state index in [0.29, 0.717) is 11.5 Å². The molecule has 2 aliphatic rings. The van der Waals surface area contributed by atoms with Crippen LogP contribution in [0.15, 0.2) is 91.0 Å². The van der Waals surface area contributed by atoms with Gasteiger partial charge in [0.15, 0.2) is 0 Å². The van der Waals surface area contributed by atoms with Gasteiger partial charge in [-0.3, -0.25) is 0 Å². The Labute approximate surface area is 349 Å². The summed E-state index contributed by atoms with van der Waals surface area (Å²) in [6.45, 7) is 16.5.